The lowest BCUT2D eigenvalue weighted by Crippen LogP contribution is -2.39. The molecule has 0 unspecified atom stereocenters. The molecule has 126 valence electrons. The fourth-order valence-electron chi connectivity index (χ4n) is 1.98. The Balaban J connectivity index is 2.33. The fourth-order valence-corrected chi connectivity index (χ4v) is 2.66. The number of ether oxygens (including phenoxy) is 1. The van der Waals surface area contributed by atoms with Crippen molar-refractivity contribution in [2.24, 2.45) is 5.73 Å². The molecule has 0 aliphatic carbocycles. The maximum Gasteiger partial charge on any atom is 0.242 e. The van der Waals surface area contributed by atoms with Gasteiger partial charge in [0.25, 0.3) is 0 Å². The molecule has 4 N–H and O–H groups in total. The number of aryl methyl sites for hydroxylation is 1. The number of rotatable bonds is 7. The number of aromatic nitrogens is 1. The number of nitrogens with one attached hydrogen (secondary N) is 2. The Labute approximate surface area is 142 Å². The van der Waals surface area contributed by atoms with Crippen LogP contribution in [-0.4, -0.2) is 30.0 Å². The Morgan fingerprint density at radius 2 is 2.25 bits per heavy atom. The van der Waals surface area contributed by atoms with E-state index in [1.807, 2.05) is 13.0 Å². The van der Waals surface area contributed by atoms with Crippen molar-refractivity contribution in [2.75, 3.05) is 24.4 Å². The second-order valence-electron chi connectivity index (χ2n) is 5.00. The van der Waals surface area contributed by atoms with Crippen LogP contribution in [0.1, 0.15) is 11.3 Å². The van der Waals surface area contributed by atoms with E-state index in [1.54, 1.807) is 6.07 Å². The lowest BCUT2D eigenvalue weighted by Gasteiger charge is -2.17. The molecule has 0 aliphatic heterocycles. The largest absolute Gasteiger partial charge is 0.382 e. The summed E-state index contributed by atoms with van der Waals surface area (Å²) in [5.74, 6) is -1.34. The van der Waals surface area contributed by atoms with Gasteiger partial charge in [0.2, 0.25) is 5.91 Å². The zero-order valence-corrected chi connectivity index (χ0v) is 13.9. The number of benzene rings is 1. The van der Waals surface area contributed by atoms with Crippen molar-refractivity contribution >= 4 is 33.8 Å². The van der Waals surface area contributed by atoms with Gasteiger partial charge in [-0.1, -0.05) is 0 Å². The van der Waals surface area contributed by atoms with Crippen LogP contribution in [0.5, 0.6) is 0 Å². The first-order valence-electron chi connectivity index (χ1n) is 6.93. The first-order valence-corrected chi connectivity index (χ1v) is 7.70. The van der Waals surface area contributed by atoms with Crippen LogP contribution < -0.4 is 16.4 Å². The molecule has 0 radical (unpaired) electrons. The highest BCUT2D eigenvalue weighted by molar-refractivity contribution is 7.10. The zero-order valence-electron chi connectivity index (χ0n) is 13.1. The number of methoxy groups -OCH3 is 1. The van der Waals surface area contributed by atoms with Crippen molar-refractivity contribution < 1.29 is 13.9 Å². The molecule has 1 heterocycles. The number of nitrogens with zero attached hydrogens (tertiary/aromatic N) is 2. The average Bonchev–Trinajstić information content (AvgIpc) is 2.94. The summed E-state index contributed by atoms with van der Waals surface area (Å²) < 4.78 is 23.2. The molecule has 1 atom stereocenters. The second kappa shape index (κ2) is 7.72. The summed E-state index contributed by atoms with van der Waals surface area (Å²) in [7, 11) is 1.41. The molecule has 0 aliphatic rings. The van der Waals surface area contributed by atoms with Crippen LogP contribution in [0.2, 0.25) is 0 Å². The lowest BCUT2D eigenvalue weighted by atomic mass is 10.1. The zero-order chi connectivity index (χ0) is 17.7. The van der Waals surface area contributed by atoms with Crippen LogP contribution in [0.4, 0.5) is 20.8 Å². The molecular weight excluding hydrogens is 333 g/mol. The highest BCUT2D eigenvalue weighted by Gasteiger charge is 2.18. The molecule has 0 saturated carbocycles. The number of carbonyl (C=O) groups excluding carboxylic acids is 1. The van der Waals surface area contributed by atoms with Crippen LogP contribution in [0.15, 0.2) is 18.2 Å². The van der Waals surface area contributed by atoms with Gasteiger partial charge in [-0.3, -0.25) is 4.79 Å². The third-order valence-electron chi connectivity index (χ3n) is 3.12. The summed E-state index contributed by atoms with van der Waals surface area (Å²) >= 11 is 1.22. The van der Waals surface area contributed by atoms with E-state index in [1.165, 1.54) is 24.7 Å². The van der Waals surface area contributed by atoms with Crippen molar-refractivity contribution in [3.63, 3.8) is 0 Å². The van der Waals surface area contributed by atoms with Gasteiger partial charge >= 0.3 is 0 Å². The van der Waals surface area contributed by atoms with E-state index >= 15 is 0 Å². The fraction of sp³-hybridized carbons (Fsp3) is 0.267. The second-order valence-corrected chi connectivity index (χ2v) is 5.81. The van der Waals surface area contributed by atoms with E-state index in [-0.39, 0.29) is 17.9 Å². The number of primary amides is 1. The number of anilines is 3. The number of amides is 1. The quantitative estimate of drug-likeness (QED) is 0.706. The third-order valence-corrected chi connectivity index (χ3v) is 3.92. The van der Waals surface area contributed by atoms with Crippen LogP contribution >= 0.6 is 11.5 Å². The van der Waals surface area contributed by atoms with Crippen LogP contribution in [-0.2, 0) is 9.53 Å². The summed E-state index contributed by atoms with van der Waals surface area (Å²) in [5, 5.41) is 15.6. The van der Waals surface area contributed by atoms with E-state index in [0.29, 0.717) is 10.7 Å². The molecule has 1 amide bonds. The van der Waals surface area contributed by atoms with Crippen molar-refractivity contribution in [2.45, 2.75) is 13.0 Å². The van der Waals surface area contributed by atoms with Gasteiger partial charge in [0, 0.05) is 7.11 Å². The summed E-state index contributed by atoms with van der Waals surface area (Å²) in [5.41, 5.74) is 6.66. The van der Waals surface area contributed by atoms with E-state index in [0.717, 1.165) is 11.8 Å². The number of hydrogen-bond donors (Lipinski definition) is 3. The van der Waals surface area contributed by atoms with Gasteiger partial charge in [-0.25, -0.2) is 4.39 Å². The average molecular weight is 349 g/mol. The Bertz CT molecular complexity index is 787. The van der Waals surface area contributed by atoms with Gasteiger partial charge in [0.05, 0.1) is 29.2 Å². The van der Waals surface area contributed by atoms with Crippen LogP contribution in [0.3, 0.4) is 0 Å². The van der Waals surface area contributed by atoms with E-state index in [9.17, 15) is 14.4 Å². The Morgan fingerprint density at radius 1 is 1.50 bits per heavy atom. The first kappa shape index (κ1) is 17.7. The number of halogens is 1. The van der Waals surface area contributed by atoms with Crippen molar-refractivity contribution in [1.82, 2.24) is 4.37 Å². The van der Waals surface area contributed by atoms with Crippen LogP contribution in [0, 0.1) is 24.1 Å². The molecule has 0 saturated heterocycles. The summed E-state index contributed by atoms with van der Waals surface area (Å²) in [6.45, 7) is 1.83. The Hall–Kier alpha value is -2.70. The van der Waals surface area contributed by atoms with Crippen molar-refractivity contribution in [3.8, 4) is 6.07 Å². The minimum atomic E-state index is -0.893. The van der Waals surface area contributed by atoms with E-state index in [2.05, 4.69) is 15.0 Å². The lowest BCUT2D eigenvalue weighted by molar-refractivity contribution is -0.119. The molecule has 2 aromatic rings. The van der Waals surface area contributed by atoms with E-state index in [4.69, 9.17) is 10.5 Å². The van der Waals surface area contributed by atoms with Gasteiger partial charge in [-0.2, -0.15) is 9.64 Å². The highest BCUT2D eigenvalue weighted by Crippen LogP contribution is 2.29. The molecule has 1 aromatic heterocycles. The normalized spacial score (nSPS) is 11.6. The van der Waals surface area contributed by atoms with Gasteiger partial charge < -0.3 is 21.1 Å². The van der Waals surface area contributed by atoms with Gasteiger partial charge in [0.15, 0.2) is 0 Å². The predicted molar refractivity (Wildman–Crippen MR) is 89.7 cm³/mol. The molecule has 24 heavy (non-hydrogen) atoms. The molecular formula is C15H16FN5O2S. The molecule has 0 fully saturated rings. The summed E-state index contributed by atoms with van der Waals surface area (Å²) in [6, 6.07) is 5.34. The highest BCUT2D eigenvalue weighted by atomic mass is 32.1. The predicted octanol–water partition coefficient (Wildman–Crippen LogP) is 2.12. The summed E-state index contributed by atoms with van der Waals surface area (Å²) in [4.78, 5) is 11.4. The van der Waals surface area contributed by atoms with Gasteiger partial charge in [0.1, 0.15) is 22.9 Å². The number of nitrogens with two attached hydrogens (primary N) is 1. The van der Waals surface area contributed by atoms with E-state index < -0.39 is 17.8 Å². The topological polar surface area (TPSA) is 113 Å². The SMILES string of the molecule is COC[C@@H](Nc1cc(Nc2cc(C)ns2)c(C#N)cc1F)C(N)=O. The number of hydrogen-bond acceptors (Lipinski definition) is 7. The maximum absolute atomic E-state index is 14.2. The maximum atomic E-state index is 14.2. The molecule has 0 bridgehead atoms. The molecule has 0 spiro atoms. The van der Waals surface area contributed by atoms with Crippen molar-refractivity contribution in [3.05, 3.63) is 35.3 Å². The Kier molecular flexibility index (Phi) is 5.68. The smallest absolute Gasteiger partial charge is 0.242 e. The molecule has 9 heteroatoms. The number of nitriles is 1. The van der Waals surface area contributed by atoms with Gasteiger partial charge in [-0.15, -0.1) is 0 Å². The summed E-state index contributed by atoms with van der Waals surface area (Å²) in [6.07, 6.45) is 0. The molecule has 1 aromatic carbocycles. The van der Waals surface area contributed by atoms with Crippen LogP contribution in [0.25, 0.3) is 0 Å². The Morgan fingerprint density at radius 3 is 2.79 bits per heavy atom. The molecule has 7 nitrogen and oxygen atoms in total. The van der Waals surface area contributed by atoms with Crippen molar-refractivity contribution in [1.29, 1.82) is 5.26 Å². The minimum absolute atomic E-state index is 0.00836. The first-order chi connectivity index (χ1) is 11.4. The monoisotopic (exact) mass is 349 g/mol. The minimum Gasteiger partial charge on any atom is -0.382 e. The third kappa shape index (κ3) is 4.18. The molecule has 2 rings (SSSR count). The number of carbonyl (C=O) groups is 1. The van der Waals surface area contributed by atoms with Gasteiger partial charge in [-0.05, 0) is 36.7 Å². The standard InChI is InChI=1S/C15H16FN5O2S/c1-8-3-14(24-21-8)20-11-5-12(10(16)4-9(11)6-17)19-13(7-23-2)15(18)22/h3-5,13,19-20H,7H2,1-2H3,(H2,18,22)/t13-/m1/s1.